The Bertz CT molecular complexity index is 684. The molecule has 1 aromatic heterocycles. The van der Waals surface area contributed by atoms with Crippen LogP contribution in [0.4, 0.5) is 5.69 Å². The van der Waals surface area contributed by atoms with Gasteiger partial charge in [0.05, 0.1) is 13.2 Å². The number of nitrogens with one attached hydrogen (secondary N) is 1. The van der Waals surface area contributed by atoms with Crippen LogP contribution < -0.4 is 10.1 Å². The van der Waals surface area contributed by atoms with Gasteiger partial charge >= 0.3 is 5.97 Å². The maximum absolute atomic E-state index is 12.1. The van der Waals surface area contributed by atoms with E-state index in [-0.39, 0.29) is 12.3 Å². The number of methoxy groups -OCH3 is 1. The van der Waals surface area contributed by atoms with Gasteiger partial charge in [0.15, 0.2) is 0 Å². The first kappa shape index (κ1) is 17.9. The summed E-state index contributed by atoms with van der Waals surface area (Å²) >= 11 is 1.37. The van der Waals surface area contributed by atoms with Crippen LogP contribution in [0, 0.1) is 0 Å². The highest BCUT2D eigenvalue weighted by molar-refractivity contribution is 7.09. The lowest BCUT2D eigenvalue weighted by atomic mass is 10.3. The van der Waals surface area contributed by atoms with Crippen molar-refractivity contribution in [2.75, 3.05) is 19.0 Å². The molecule has 0 saturated heterocycles. The van der Waals surface area contributed by atoms with E-state index in [1.807, 2.05) is 0 Å². The van der Waals surface area contributed by atoms with Gasteiger partial charge in [-0.05, 0) is 30.7 Å². The van der Waals surface area contributed by atoms with Crippen LogP contribution in [0.25, 0.3) is 0 Å². The van der Waals surface area contributed by atoms with Crippen LogP contribution in [-0.2, 0) is 16.1 Å². The smallest absolute Gasteiger partial charge is 0.303 e. The number of hydrogen-bond donors (Lipinski definition) is 2. The number of benzene rings is 1. The summed E-state index contributed by atoms with van der Waals surface area (Å²) in [5.41, 5.74) is 0.972. The fourth-order valence-corrected chi connectivity index (χ4v) is 2.59. The van der Waals surface area contributed by atoms with Gasteiger partial charge in [-0.15, -0.1) is 11.3 Å². The first-order chi connectivity index (χ1) is 11.6. The summed E-state index contributed by atoms with van der Waals surface area (Å²) in [6.07, 6.45) is 0.522. The number of carboxylic acids is 1. The van der Waals surface area contributed by atoms with Crippen molar-refractivity contribution < 1.29 is 24.2 Å². The molecule has 0 atom stereocenters. The van der Waals surface area contributed by atoms with E-state index < -0.39 is 5.97 Å². The molecule has 0 aliphatic carbocycles. The molecule has 2 aromatic rings. The predicted octanol–water partition coefficient (Wildman–Crippen LogP) is 2.79. The van der Waals surface area contributed by atoms with E-state index in [0.717, 1.165) is 5.01 Å². The molecule has 2 rings (SSSR count). The third-order valence-corrected chi connectivity index (χ3v) is 3.79. The fourth-order valence-electron chi connectivity index (χ4n) is 1.85. The Morgan fingerprint density at radius 3 is 2.71 bits per heavy atom. The van der Waals surface area contributed by atoms with Crippen LogP contribution >= 0.6 is 11.3 Å². The van der Waals surface area contributed by atoms with Crippen LogP contribution in [0.2, 0.25) is 0 Å². The predicted molar refractivity (Wildman–Crippen MR) is 89.6 cm³/mol. The number of carbonyl (C=O) groups excluding carboxylic acids is 1. The monoisotopic (exact) mass is 350 g/mol. The summed E-state index contributed by atoms with van der Waals surface area (Å²) in [7, 11) is 1.58. The van der Waals surface area contributed by atoms with E-state index in [9.17, 15) is 9.59 Å². The van der Waals surface area contributed by atoms with Gasteiger partial charge < -0.3 is 19.9 Å². The molecule has 0 unspecified atom stereocenters. The standard InChI is InChI=1S/C16H18N2O5S/c1-22-9-14-18-13(10-24-14)16(21)17-11-4-6-12(7-5-11)23-8-2-3-15(19)20/h4-7,10H,2-3,8-9H2,1H3,(H,17,21)(H,19,20). The number of anilines is 1. The molecule has 0 fully saturated rings. The molecule has 0 spiro atoms. The third-order valence-electron chi connectivity index (χ3n) is 2.97. The topological polar surface area (TPSA) is 97.8 Å². The van der Waals surface area contributed by atoms with Crippen molar-refractivity contribution in [2.45, 2.75) is 19.4 Å². The van der Waals surface area contributed by atoms with Crippen molar-refractivity contribution in [3.8, 4) is 5.75 Å². The molecule has 0 radical (unpaired) electrons. The molecule has 128 valence electrons. The molecule has 8 heteroatoms. The number of nitrogens with zero attached hydrogens (tertiary/aromatic N) is 1. The van der Waals surface area contributed by atoms with Crippen molar-refractivity contribution in [1.29, 1.82) is 0 Å². The number of thiazole rings is 1. The minimum absolute atomic E-state index is 0.0762. The van der Waals surface area contributed by atoms with Gasteiger partial charge in [-0.3, -0.25) is 9.59 Å². The summed E-state index contributed by atoms with van der Waals surface area (Å²) in [6, 6.07) is 6.86. The van der Waals surface area contributed by atoms with Gasteiger partial charge in [-0.2, -0.15) is 0 Å². The first-order valence-corrected chi connectivity index (χ1v) is 8.16. The highest BCUT2D eigenvalue weighted by atomic mass is 32.1. The Balaban J connectivity index is 1.84. The number of aromatic nitrogens is 1. The largest absolute Gasteiger partial charge is 0.494 e. The van der Waals surface area contributed by atoms with E-state index in [1.165, 1.54) is 11.3 Å². The minimum atomic E-state index is -0.840. The Kier molecular flexibility index (Phi) is 6.71. The molecule has 1 amide bonds. The van der Waals surface area contributed by atoms with Crippen LogP contribution in [0.5, 0.6) is 5.75 Å². The summed E-state index contributed by atoms with van der Waals surface area (Å²) in [5.74, 6) is -0.509. The van der Waals surface area contributed by atoms with E-state index in [4.69, 9.17) is 14.6 Å². The van der Waals surface area contributed by atoms with E-state index in [1.54, 1.807) is 36.8 Å². The summed E-state index contributed by atoms with van der Waals surface area (Å²) in [4.78, 5) is 26.7. The second kappa shape index (κ2) is 8.99. The van der Waals surface area contributed by atoms with Crippen molar-refractivity contribution >= 4 is 28.9 Å². The summed E-state index contributed by atoms with van der Waals surface area (Å²) in [5, 5.41) is 13.7. The molecule has 1 heterocycles. The maximum Gasteiger partial charge on any atom is 0.303 e. The quantitative estimate of drug-likeness (QED) is 0.675. The fraction of sp³-hybridized carbons (Fsp3) is 0.312. The van der Waals surface area contributed by atoms with Crippen molar-refractivity contribution in [1.82, 2.24) is 4.98 Å². The molecular weight excluding hydrogens is 332 g/mol. The molecular formula is C16H18N2O5S. The van der Waals surface area contributed by atoms with Crippen LogP contribution in [0.1, 0.15) is 28.3 Å². The average molecular weight is 350 g/mol. The number of carboxylic acid groups (broad SMARTS) is 1. The average Bonchev–Trinajstić information content (AvgIpc) is 3.02. The van der Waals surface area contributed by atoms with Crippen LogP contribution in [0.15, 0.2) is 29.6 Å². The third kappa shape index (κ3) is 5.64. The lowest BCUT2D eigenvalue weighted by molar-refractivity contribution is -0.137. The van der Waals surface area contributed by atoms with Crippen molar-refractivity contribution in [3.05, 3.63) is 40.3 Å². The zero-order chi connectivity index (χ0) is 17.4. The van der Waals surface area contributed by atoms with Crippen LogP contribution in [-0.4, -0.2) is 35.7 Å². The maximum atomic E-state index is 12.1. The SMILES string of the molecule is COCc1nc(C(=O)Nc2ccc(OCCCC(=O)O)cc2)cs1. The lowest BCUT2D eigenvalue weighted by Crippen LogP contribution is -2.12. The highest BCUT2D eigenvalue weighted by Crippen LogP contribution is 2.18. The zero-order valence-corrected chi connectivity index (χ0v) is 14.0. The van der Waals surface area contributed by atoms with Crippen LogP contribution in [0.3, 0.4) is 0 Å². The van der Waals surface area contributed by atoms with Gasteiger partial charge in [-0.25, -0.2) is 4.98 Å². The number of ether oxygens (including phenoxy) is 2. The van der Waals surface area contributed by atoms with Gasteiger partial charge in [0.25, 0.3) is 5.91 Å². The summed E-state index contributed by atoms with van der Waals surface area (Å²) < 4.78 is 10.4. The van der Waals surface area contributed by atoms with Gasteiger partial charge in [0.1, 0.15) is 16.5 Å². The van der Waals surface area contributed by atoms with Crippen molar-refractivity contribution in [2.24, 2.45) is 0 Å². The molecule has 0 aliphatic rings. The lowest BCUT2D eigenvalue weighted by Gasteiger charge is -2.07. The Hall–Kier alpha value is -2.45. The second-order valence-corrected chi connectivity index (χ2v) is 5.83. The van der Waals surface area contributed by atoms with E-state index >= 15 is 0 Å². The highest BCUT2D eigenvalue weighted by Gasteiger charge is 2.11. The number of amides is 1. The molecule has 2 N–H and O–H groups in total. The zero-order valence-electron chi connectivity index (χ0n) is 13.2. The van der Waals surface area contributed by atoms with Crippen molar-refractivity contribution in [3.63, 3.8) is 0 Å². The number of carbonyl (C=O) groups is 2. The van der Waals surface area contributed by atoms with E-state index in [0.29, 0.717) is 36.8 Å². The van der Waals surface area contributed by atoms with E-state index in [2.05, 4.69) is 10.3 Å². The Morgan fingerprint density at radius 2 is 2.04 bits per heavy atom. The molecule has 0 saturated carbocycles. The normalized spacial score (nSPS) is 10.4. The van der Waals surface area contributed by atoms with Gasteiger partial charge in [-0.1, -0.05) is 0 Å². The Morgan fingerprint density at radius 1 is 1.29 bits per heavy atom. The number of rotatable bonds is 9. The first-order valence-electron chi connectivity index (χ1n) is 7.28. The molecule has 7 nitrogen and oxygen atoms in total. The van der Waals surface area contributed by atoms with Gasteiger partial charge in [0.2, 0.25) is 0 Å². The number of hydrogen-bond acceptors (Lipinski definition) is 6. The Labute approximate surface area is 143 Å². The summed E-state index contributed by atoms with van der Waals surface area (Å²) in [6.45, 7) is 0.713. The minimum Gasteiger partial charge on any atom is -0.494 e. The molecule has 0 aliphatic heterocycles. The molecule has 0 bridgehead atoms. The number of aliphatic carboxylic acids is 1. The molecule has 24 heavy (non-hydrogen) atoms. The molecule has 1 aromatic carbocycles. The van der Waals surface area contributed by atoms with Gasteiger partial charge in [0, 0.05) is 24.6 Å². The second-order valence-electron chi connectivity index (χ2n) is 4.88.